The van der Waals surface area contributed by atoms with Crippen molar-refractivity contribution in [1.29, 1.82) is 0 Å². The third kappa shape index (κ3) is 4.86. The van der Waals surface area contributed by atoms with E-state index in [0.29, 0.717) is 18.1 Å². The Morgan fingerprint density at radius 3 is 2.83 bits per heavy atom. The van der Waals surface area contributed by atoms with E-state index >= 15 is 0 Å². The Morgan fingerprint density at radius 1 is 1.34 bits per heavy atom. The van der Waals surface area contributed by atoms with Crippen LogP contribution in [0.3, 0.4) is 0 Å². The number of rotatable bonds is 9. The highest BCUT2D eigenvalue weighted by atomic mass is 79.9. The number of ether oxygens (including phenoxy) is 1. The number of halogens is 1. The molecule has 0 amide bonds. The fourth-order valence-corrected chi connectivity index (χ4v) is 4.61. The van der Waals surface area contributed by atoms with Crippen molar-refractivity contribution in [3.8, 4) is 5.75 Å². The van der Waals surface area contributed by atoms with Gasteiger partial charge in [0.05, 0.1) is 6.61 Å². The predicted molar refractivity (Wildman–Crippen MR) is 121 cm³/mol. The van der Waals surface area contributed by atoms with Crippen molar-refractivity contribution in [3.63, 3.8) is 0 Å². The number of aromatic nitrogens is 3. The highest BCUT2D eigenvalue weighted by Gasteiger charge is 2.34. The van der Waals surface area contributed by atoms with E-state index in [1.54, 1.807) is 18.7 Å². The van der Waals surface area contributed by atoms with E-state index < -0.39 is 0 Å². The van der Waals surface area contributed by atoms with Gasteiger partial charge in [0, 0.05) is 27.1 Å². The molecule has 1 atom stereocenters. The summed E-state index contributed by atoms with van der Waals surface area (Å²) >= 11 is 5.21. The van der Waals surface area contributed by atoms with E-state index in [0.717, 1.165) is 51.7 Å². The molecule has 0 saturated carbocycles. The molecule has 0 radical (unpaired) electrons. The first-order valence-electron chi connectivity index (χ1n) is 9.96. The van der Waals surface area contributed by atoms with Crippen molar-refractivity contribution in [2.75, 3.05) is 17.7 Å². The minimum absolute atomic E-state index is 0.00255. The Balaban J connectivity index is 2.10. The van der Waals surface area contributed by atoms with Crippen molar-refractivity contribution in [2.24, 2.45) is 0 Å². The van der Waals surface area contributed by atoms with Gasteiger partial charge in [-0.1, -0.05) is 48.0 Å². The van der Waals surface area contributed by atoms with Gasteiger partial charge in [0.15, 0.2) is 5.78 Å². The summed E-state index contributed by atoms with van der Waals surface area (Å²) in [5.74, 6) is 2.38. The zero-order chi connectivity index (χ0) is 21.0. The normalized spacial score (nSPS) is 15.8. The largest absolute Gasteiger partial charge is 0.493 e. The van der Waals surface area contributed by atoms with E-state index in [4.69, 9.17) is 9.84 Å². The molecule has 8 heteroatoms. The Labute approximate surface area is 184 Å². The van der Waals surface area contributed by atoms with Gasteiger partial charge in [-0.15, -0.1) is 5.10 Å². The van der Waals surface area contributed by atoms with Crippen LogP contribution >= 0.6 is 27.7 Å². The van der Waals surface area contributed by atoms with Crippen molar-refractivity contribution < 1.29 is 9.53 Å². The standard InChI is InChI=1S/C21H27BrN4O2S/c1-5-7-11-29-21-24-20-23-13(3)18(14(4)27)19(26(20)25-21)16-12-15(22)8-9-17(16)28-10-6-2/h8-9,12,19H,5-7,10-11H2,1-4H3,(H,23,24,25). The zero-order valence-electron chi connectivity index (χ0n) is 17.3. The van der Waals surface area contributed by atoms with Crippen LogP contribution in [-0.2, 0) is 4.79 Å². The van der Waals surface area contributed by atoms with Gasteiger partial charge in [0.2, 0.25) is 11.1 Å². The first-order chi connectivity index (χ1) is 14.0. The summed E-state index contributed by atoms with van der Waals surface area (Å²) in [7, 11) is 0. The number of nitrogens with zero attached hydrogens (tertiary/aromatic N) is 3. The maximum absolute atomic E-state index is 12.6. The van der Waals surface area contributed by atoms with Crippen molar-refractivity contribution in [1.82, 2.24) is 14.8 Å². The Hall–Kier alpha value is -1.80. The lowest BCUT2D eigenvalue weighted by Crippen LogP contribution is -2.28. The number of unbranched alkanes of at least 4 members (excludes halogenated alkanes) is 1. The lowest BCUT2D eigenvalue weighted by atomic mass is 9.92. The van der Waals surface area contributed by atoms with Crippen LogP contribution in [0.25, 0.3) is 0 Å². The molecule has 1 aromatic heterocycles. The molecule has 2 heterocycles. The first kappa shape index (κ1) is 21.9. The van der Waals surface area contributed by atoms with Crippen LogP contribution in [0.1, 0.15) is 58.6 Å². The molecule has 1 aromatic carbocycles. The average Bonchev–Trinajstić information content (AvgIpc) is 3.08. The highest BCUT2D eigenvalue weighted by Crippen LogP contribution is 2.41. The molecule has 0 saturated heterocycles. The molecular weight excluding hydrogens is 452 g/mol. The smallest absolute Gasteiger partial charge is 0.227 e. The molecule has 1 N–H and O–H groups in total. The first-order valence-corrected chi connectivity index (χ1v) is 11.7. The van der Waals surface area contributed by atoms with Crippen LogP contribution < -0.4 is 10.1 Å². The number of anilines is 1. The number of benzene rings is 1. The summed E-state index contributed by atoms with van der Waals surface area (Å²) in [5, 5.41) is 8.73. The molecule has 1 aliphatic rings. The van der Waals surface area contributed by atoms with E-state index in [-0.39, 0.29) is 11.8 Å². The highest BCUT2D eigenvalue weighted by molar-refractivity contribution is 9.10. The predicted octanol–water partition coefficient (Wildman–Crippen LogP) is 5.60. The van der Waals surface area contributed by atoms with Gasteiger partial charge < -0.3 is 10.1 Å². The number of Topliss-reactive ketones (excluding diaryl/α,β-unsaturated/α-hetero) is 1. The average molecular weight is 479 g/mol. The SMILES string of the molecule is CCCCSc1nc2n(n1)C(c1cc(Br)ccc1OCCC)C(C(C)=O)=C(C)N2. The minimum atomic E-state index is -0.388. The van der Waals surface area contributed by atoms with Crippen LogP contribution in [-0.4, -0.2) is 32.9 Å². The Morgan fingerprint density at radius 2 is 2.14 bits per heavy atom. The molecule has 1 aliphatic heterocycles. The van der Waals surface area contributed by atoms with Crippen molar-refractivity contribution >= 4 is 39.4 Å². The number of carbonyl (C=O) groups is 1. The van der Waals surface area contributed by atoms with Gasteiger partial charge in [0.1, 0.15) is 11.8 Å². The molecule has 29 heavy (non-hydrogen) atoms. The van der Waals surface area contributed by atoms with Gasteiger partial charge in [-0.05, 0) is 44.9 Å². The quantitative estimate of drug-likeness (QED) is 0.373. The minimum Gasteiger partial charge on any atom is -0.493 e. The van der Waals surface area contributed by atoms with Gasteiger partial charge in [0.25, 0.3) is 0 Å². The molecular formula is C21H27BrN4O2S. The maximum atomic E-state index is 12.6. The third-order valence-corrected chi connectivity index (χ3v) is 6.09. The second kappa shape index (κ2) is 9.80. The molecule has 1 unspecified atom stereocenters. The maximum Gasteiger partial charge on any atom is 0.227 e. The number of hydrogen-bond donors (Lipinski definition) is 1. The number of ketones is 1. The molecule has 0 aliphatic carbocycles. The van der Waals surface area contributed by atoms with Crippen molar-refractivity contribution in [3.05, 3.63) is 39.5 Å². The van der Waals surface area contributed by atoms with Crippen LogP contribution in [0.2, 0.25) is 0 Å². The van der Waals surface area contributed by atoms with Gasteiger partial charge in [-0.3, -0.25) is 4.79 Å². The monoisotopic (exact) mass is 478 g/mol. The van der Waals surface area contributed by atoms with Gasteiger partial charge in [-0.25, -0.2) is 4.68 Å². The summed E-state index contributed by atoms with van der Waals surface area (Å²) in [6, 6.07) is 5.51. The number of allylic oxidation sites excluding steroid dienone is 2. The van der Waals surface area contributed by atoms with Crippen molar-refractivity contribution in [2.45, 2.75) is 58.2 Å². The number of carbonyl (C=O) groups excluding carboxylic acids is 1. The summed E-state index contributed by atoms with van der Waals surface area (Å²) in [4.78, 5) is 17.3. The van der Waals surface area contributed by atoms with Crippen LogP contribution in [0, 0.1) is 0 Å². The van der Waals surface area contributed by atoms with E-state index in [1.165, 1.54) is 0 Å². The van der Waals surface area contributed by atoms with Crippen LogP contribution in [0.5, 0.6) is 5.75 Å². The van der Waals surface area contributed by atoms with E-state index in [9.17, 15) is 4.79 Å². The lowest BCUT2D eigenvalue weighted by Gasteiger charge is -2.29. The fourth-order valence-electron chi connectivity index (χ4n) is 3.32. The van der Waals surface area contributed by atoms with Crippen LogP contribution in [0.15, 0.2) is 39.1 Å². The molecule has 6 nitrogen and oxygen atoms in total. The number of hydrogen-bond acceptors (Lipinski definition) is 6. The summed E-state index contributed by atoms with van der Waals surface area (Å²) in [6.07, 6.45) is 3.15. The number of thioether (sulfide) groups is 1. The molecule has 3 rings (SSSR count). The van der Waals surface area contributed by atoms with Gasteiger partial charge >= 0.3 is 0 Å². The topological polar surface area (TPSA) is 69.0 Å². The zero-order valence-corrected chi connectivity index (χ0v) is 19.7. The third-order valence-electron chi connectivity index (χ3n) is 4.67. The number of nitrogens with one attached hydrogen (secondary N) is 1. The molecule has 0 bridgehead atoms. The van der Waals surface area contributed by atoms with E-state index in [1.807, 2.05) is 29.8 Å². The fraction of sp³-hybridized carbons (Fsp3) is 0.476. The summed E-state index contributed by atoms with van der Waals surface area (Å²) in [6.45, 7) is 8.36. The summed E-state index contributed by atoms with van der Waals surface area (Å²) in [5.41, 5.74) is 2.37. The Bertz CT molecular complexity index is 925. The molecule has 0 spiro atoms. The second-order valence-corrected chi connectivity index (χ2v) is 9.00. The lowest BCUT2D eigenvalue weighted by molar-refractivity contribution is -0.114. The van der Waals surface area contributed by atoms with Crippen LogP contribution in [0.4, 0.5) is 5.95 Å². The number of fused-ring (bicyclic) bond motifs is 1. The molecule has 156 valence electrons. The molecule has 2 aromatic rings. The second-order valence-electron chi connectivity index (χ2n) is 7.02. The van der Waals surface area contributed by atoms with E-state index in [2.05, 4.69) is 40.1 Å². The van der Waals surface area contributed by atoms with Gasteiger partial charge in [-0.2, -0.15) is 4.98 Å². The molecule has 0 fully saturated rings. The summed E-state index contributed by atoms with van der Waals surface area (Å²) < 4.78 is 8.76. The Kier molecular flexibility index (Phi) is 7.40.